The van der Waals surface area contributed by atoms with E-state index in [0.717, 1.165) is 17.4 Å². The van der Waals surface area contributed by atoms with Crippen molar-refractivity contribution in [2.75, 3.05) is 7.11 Å². The summed E-state index contributed by atoms with van der Waals surface area (Å²) in [6.45, 7) is 2.00. The molecule has 0 atom stereocenters. The number of hydrogen-bond donors (Lipinski definition) is 2. The number of carboxylic acid groups (broad SMARTS) is 1. The van der Waals surface area contributed by atoms with Gasteiger partial charge in [-0.3, -0.25) is 0 Å². The topological polar surface area (TPSA) is 66.8 Å². The first-order valence-electron chi connectivity index (χ1n) is 5.65. The number of ether oxygens (including phenoxy) is 1. The van der Waals surface area contributed by atoms with Crippen molar-refractivity contribution >= 4 is 16.7 Å². The van der Waals surface area contributed by atoms with Crippen LogP contribution in [-0.2, 0) is 6.42 Å². The summed E-state index contributed by atoms with van der Waals surface area (Å²) in [4.78, 5) is 11.1. The van der Waals surface area contributed by atoms with E-state index in [0.29, 0.717) is 11.1 Å². The highest BCUT2D eigenvalue weighted by Crippen LogP contribution is 2.38. The molecule has 0 fully saturated rings. The zero-order valence-electron chi connectivity index (χ0n) is 10.2. The number of aromatic hydroxyl groups is 1. The van der Waals surface area contributed by atoms with Crippen LogP contribution >= 0.6 is 0 Å². The Morgan fingerprint density at radius 1 is 1.39 bits per heavy atom. The number of rotatable bonds is 3. The molecule has 2 rings (SSSR count). The Balaban J connectivity index is 2.93. The molecule has 0 spiro atoms. The summed E-state index contributed by atoms with van der Waals surface area (Å²) < 4.78 is 5.24. The number of methoxy groups -OCH3 is 1. The van der Waals surface area contributed by atoms with Crippen molar-refractivity contribution < 1.29 is 19.7 Å². The summed E-state index contributed by atoms with van der Waals surface area (Å²) in [6, 6.07) is 6.79. The van der Waals surface area contributed by atoms with Gasteiger partial charge in [0.15, 0.2) is 0 Å². The molecule has 94 valence electrons. The minimum absolute atomic E-state index is 0.146. The van der Waals surface area contributed by atoms with Gasteiger partial charge in [0.05, 0.1) is 7.11 Å². The van der Waals surface area contributed by atoms with Crippen LogP contribution in [-0.4, -0.2) is 23.3 Å². The van der Waals surface area contributed by atoms with Crippen molar-refractivity contribution in [3.63, 3.8) is 0 Å². The molecule has 4 nitrogen and oxygen atoms in total. The number of benzene rings is 2. The van der Waals surface area contributed by atoms with E-state index in [1.165, 1.54) is 13.2 Å². The quantitative estimate of drug-likeness (QED) is 0.873. The SMILES string of the molecule is CCc1cccc2c(O)c(C(=O)O)cc(OC)c12. The Hall–Kier alpha value is -2.23. The van der Waals surface area contributed by atoms with Crippen molar-refractivity contribution in [3.05, 3.63) is 35.4 Å². The minimum atomic E-state index is -1.17. The molecule has 0 aliphatic carbocycles. The van der Waals surface area contributed by atoms with E-state index in [9.17, 15) is 9.90 Å². The predicted molar refractivity (Wildman–Crippen MR) is 68.5 cm³/mol. The van der Waals surface area contributed by atoms with Gasteiger partial charge in [-0.2, -0.15) is 0 Å². The summed E-state index contributed by atoms with van der Waals surface area (Å²) in [7, 11) is 1.49. The summed E-state index contributed by atoms with van der Waals surface area (Å²) in [5.74, 6) is -0.916. The van der Waals surface area contributed by atoms with Crippen LogP contribution in [0.25, 0.3) is 10.8 Å². The van der Waals surface area contributed by atoms with E-state index in [1.54, 1.807) is 12.1 Å². The maximum Gasteiger partial charge on any atom is 0.339 e. The van der Waals surface area contributed by atoms with Crippen molar-refractivity contribution in [2.24, 2.45) is 0 Å². The van der Waals surface area contributed by atoms with Gasteiger partial charge in [0.25, 0.3) is 0 Å². The Bertz CT molecular complexity index is 617. The molecule has 0 saturated heterocycles. The highest BCUT2D eigenvalue weighted by atomic mass is 16.5. The molecule has 0 aliphatic rings. The first-order chi connectivity index (χ1) is 8.60. The Morgan fingerprint density at radius 2 is 2.11 bits per heavy atom. The molecule has 2 aromatic carbocycles. The van der Waals surface area contributed by atoms with Crippen LogP contribution in [0.5, 0.6) is 11.5 Å². The van der Waals surface area contributed by atoms with Crippen molar-refractivity contribution in [3.8, 4) is 11.5 Å². The second-order valence-corrected chi connectivity index (χ2v) is 3.97. The maximum absolute atomic E-state index is 11.1. The standard InChI is InChI=1S/C14H14O4/c1-3-8-5-4-6-9-12(8)11(18-2)7-10(13(9)15)14(16)17/h4-7,15H,3H2,1-2H3,(H,16,17). The maximum atomic E-state index is 11.1. The van der Waals surface area contributed by atoms with Gasteiger partial charge in [0.2, 0.25) is 0 Å². The van der Waals surface area contributed by atoms with E-state index in [2.05, 4.69) is 0 Å². The van der Waals surface area contributed by atoms with Gasteiger partial charge in [0.1, 0.15) is 17.1 Å². The van der Waals surface area contributed by atoms with Crippen molar-refractivity contribution in [1.29, 1.82) is 0 Å². The summed E-state index contributed by atoms with van der Waals surface area (Å²) >= 11 is 0. The van der Waals surface area contributed by atoms with Crippen LogP contribution in [0.3, 0.4) is 0 Å². The third kappa shape index (κ3) is 1.76. The largest absolute Gasteiger partial charge is 0.506 e. The molecule has 0 bridgehead atoms. The second kappa shape index (κ2) is 4.56. The van der Waals surface area contributed by atoms with E-state index >= 15 is 0 Å². The summed E-state index contributed by atoms with van der Waals surface area (Å²) in [6.07, 6.45) is 0.777. The average molecular weight is 246 g/mol. The molecule has 0 aromatic heterocycles. The van der Waals surface area contributed by atoms with Gasteiger partial charge in [-0.05, 0) is 18.1 Å². The lowest BCUT2D eigenvalue weighted by atomic mass is 9.98. The molecular weight excluding hydrogens is 232 g/mol. The zero-order chi connectivity index (χ0) is 13.3. The van der Waals surface area contributed by atoms with Crippen LogP contribution in [0.4, 0.5) is 0 Å². The molecular formula is C14H14O4. The van der Waals surface area contributed by atoms with Crippen LogP contribution in [0.1, 0.15) is 22.8 Å². The fourth-order valence-electron chi connectivity index (χ4n) is 2.12. The van der Waals surface area contributed by atoms with Gasteiger partial charge >= 0.3 is 5.97 Å². The molecule has 18 heavy (non-hydrogen) atoms. The summed E-state index contributed by atoms with van der Waals surface area (Å²) in [5, 5.41) is 20.4. The minimum Gasteiger partial charge on any atom is -0.506 e. The lowest BCUT2D eigenvalue weighted by molar-refractivity contribution is 0.0693. The molecule has 4 heteroatoms. The number of phenols is 1. The van der Waals surface area contributed by atoms with Crippen LogP contribution in [0.15, 0.2) is 24.3 Å². The Morgan fingerprint density at radius 3 is 2.67 bits per heavy atom. The smallest absolute Gasteiger partial charge is 0.339 e. The Labute approximate surface area is 104 Å². The number of aryl methyl sites for hydroxylation is 1. The monoisotopic (exact) mass is 246 g/mol. The highest BCUT2D eigenvalue weighted by molar-refractivity contribution is 6.04. The fourth-order valence-corrected chi connectivity index (χ4v) is 2.12. The lowest BCUT2D eigenvalue weighted by Crippen LogP contribution is -2.00. The van der Waals surface area contributed by atoms with E-state index in [1.807, 2.05) is 13.0 Å². The molecule has 2 aromatic rings. The second-order valence-electron chi connectivity index (χ2n) is 3.97. The van der Waals surface area contributed by atoms with Gasteiger partial charge in [-0.25, -0.2) is 4.79 Å². The molecule has 2 N–H and O–H groups in total. The van der Waals surface area contributed by atoms with Gasteiger partial charge in [0, 0.05) is 10.8 Å². The molecule has 0 unspecified atom stereocenters. The van der Waals surface area contributed by atoms with Gasteiger partial charge < -0.3 is 14.9 Å². The van der Waals surface area contributed by atoms with Crippen LogP contribution in [0, 0.1) is 0 Å². The number of hydrogen-bond acceptors (Lipinski definition) is 3. The summed E-state index contributed by atoms with van der Waals surface area (Å²) in [5.41, 5.74) is 0.865. The van der Waals surface area contributed by atoms with Gasteiger partial charge in [-0.15, -0.1) is 0 Å². The predicted octanol–water partition coefficient (Wildman–Crippen LogP) is 2.81. The first kappa shape index (κ1) is 12.2. The molecule has 0 radical (unpaired) electrons. The van der Waals surface area contributed by atoms with E-state index < -0.39 is 5.97 Å². The molecule has 0 aliphatic heterocycles. The van der Waals surface area contributed by atoms with E-state index in [4.69, 9.17) is 9.84 Å². The number of carboxylic acids is 1. The van der Waals surface area contributed by atoms with Gasteiger partial charge in [-0.1, -0.05) is 25.1 Å². The van der Waals surface area contributed by atoms with Crippen LogP contribution in [0.2, 0.25) is 0 Å². The molecule has 0 saturated carbocycles. The fraction of sp³-hybridized carbons (Fsp3) is 0.214. The van der Waals surface area contributed by atoms with Crippen molar-refractivity contribution in [2.45, 2.75) is 13.3 Å². The third-order valence-corrected chi connectivity index (χ3v) is 3.01. The normalized spacial score (nSPS) is 10.6. The highest BCUT2D eigenvalue weighted by Gasteiger charge is 2.18. The third-order valence-electron chi connectivity index (χ3n) is 3.01. The molecule has 0 amide bonds. The lowest BCUT2D eigenvalue weighted by Gasteiger charge is -2.13. The Kier molecular flexibility index (Phi) is 3.10. The average Bonchev–Trinajstić information content (AvgIpc) is 2.38. The van der Waals surface area contributed by atoms with Crippen molar-refractivity contribution in [1.82, 2.24) is 0 Å². The number of aromatic carboxylic acids is 1. The first-order valence-corrected chi connectivity index (χ1v) is 5.65. The number of carbonyl (C=O) groups is 1. The molecule has 0 heterocycles. The van der Waals surface area contributed by atoms with Crippen LogP contribution < -0.4 is 4.74 Å². The zero-order valence-corrected chi connectivity index (χ0v) is 10.2. The van der Waals surface area contributed by atoms with E-state index in [-0.39, 0.29) is 11.3 Å². The number of fused-ring (bicyclic) bond motifs is 1.